The van der Waals surface area contributed by atoms with Crippen LogP contribution >= 0.6 is 0 Å². The Hall–Kier alpha value is -2.41. The molecule has 0 saturated carbocycles. The summed E-state index contributed by atoms with van der Waals surface area (Å²) in [7, 11) is 1.39. The van der Waals surface area contributed by atoms with E-state index in [9.17, 15) is 14.4 Å². The fourth-order valence-corrected chi connectivity index (χ4v) is 2.87. The summed E-state index contributed by atoms with van der Waals surface area (Å²) in [6.45, 7) is 3.54. The van der Waals surface area contributed by atoms with E-state index in [2.05, 4.69) is 5.32 Å². The van der Waals surface area contributed by atoms with Crippen molar-refractivity contribution in [3.63, 3.8) is 0 Å². The molecule has 0 atom stereocenters. The maximum atomic E-state index is 12.3. The van der Waals surface area contributed by atoms with Crippen molar-refractivity contribution in [1.82, 2.24) is 4.90 Å². The van der Waals surface area contributed by atoms with Crippen LogP contribution in [0, 0.1) is 5.92 Å². The summed E-state index contributed by atoms with van der Waals surface area (Å²) in [6, 6.07) is 6.77. The van der Waals surface area contributed by atoms with Crippen molar-refractivity contribution in [2.24, 2.45) is 5.92 Å². The Kier molecular flexibility index (Phi) is 6.94. The van der Waals surface area contributed by atoms with Gasteiger partial charge in [-0.3, -0.25) is 14.5 Å². The molecular weight excluding hydrogens is 324 g/mol. The highest BCUT2D eigenvalue weighted by atomic mass is 16.5. The number of para-hydroxylation sites is 1. The van der Waals surface area contributed by atoms with Crippen LogP contribution in [0.5, 0.6) is 0 Å². The second-order valence-corrected chi connectivity index (χ2v) is 5.89. The number of esters is 2. The quantitative estimate of drug-likeness (QED) is 0.788. The van der Waals surface area contributed by atoms with E-state index in [4.69, 9.17) is 9.47 Å². The molecule has 1 aliphatic heterocycles. The van der Waals surface area contributed by atoms with Gasteiger partial charge >= 0.3 is 11.9 Å². The van der Waals surface area contributed by atoms with Gasteiger partial charge in [0, 0.05) is 0 Å². The summed E-state index contributed by atoms with van der Waals surface area (Å²) in [5.41, 5.74) is 0.775. The molecule has 1 fully saturated rings. The van der Waals surface area contributed by atoms with E-state index in [1.165, 1.54) is 7.11 Å². The third kappa shape index (κ3) is 5.29. The number of hydrogen-bond acceptors (Lipinski definition) is 6. The maximum Gasteiger partial charge on any atom is 0.340 e. The van der Waals surface area contributed by atoms with Gasteiger partial charge in [-0.15, -0.1) is 0 Å². The molecule has 0 spiro atoms. The Morgan fingerprint density at radius 1 is 1.20 bits per heavy atom. The molecule has 0 unspecified atom stereocenters. The lowest BCUT2D eigenvalue weighted by molar-refractivity contribution is -0.147. The summed E-state index contributed by atoms with van der Waals surface area (Å²) in [6.07, 6.45) is 1.36. The number of methoxy groups -OCH3 is 1. The van der Waals surface area contributed by atoms with Crippen LogP contribution < -0.4 is 5.32 Å². The normalized spacial score (nSPS) is 15.4. The van der Waals surface area contributed by atoms with Crippen molar-refractivity contribution in [3.05, 3.63) is 29.8 Å². The SMILES string of the molecule is CCOC(=O)c1ccccc1NC(=O)CN1CCC(C(=O)OC)CC1. The van der Waals surface area contributed by atoms with E-state index in [0.717, 1.165) is 0 Å². The third-order valence-corrected chi connectivity index (χ3v) is 4.19. The number of hydrogen-bond donors (Lipinski definition) is 1. The monoisotopic (exact) mass is 348 g/mol. The third-order valence-electron chi connectivity index (χ3n) is 4.19. The molecule has 1 N–H and O–H groups in total. The van der Waals surface area contributed by atoms with Gasteiger partial charge in [-0.1, -0.05) is 12.1 Å². The molecular formula is C18H24N2O5. The molecule has 0 aliphatic carbocycles. The van der Waals surface area contributed by atoms with Crippen LogP contribution in [0.25, 0.3) is 0 Å². The lowest BCUT2D eigenvalue weighted by Gasteiger charge is -2.30. The number of rotatable bonds is 6. The topological polar surface area (TPSA) is 84.9 Å². The molecule has 7 heteroatoms. The first-order valence-corrected chi connectivity index (χ1v) is 8.41. The zero-order valence-electron chi connectivity index (χ0n) is 14.6. The Labute approximate surface area is 147 Å². The molecule has 1 heterocycles. The van der Waals surface area contributed by atoms with E-state index in [0.29, 0.717) is 37.2 Å². The molecule has 2 rings (SSSR count). The second kappa shape index (κ2) is 9.17. The van der Waals surface area contributed by atoms with Crippen LogP contribution in [0.4, 0.5) is 5.69 Å². The van der Waals surface area contributed by atoms with Crippen LogP contribution in [-0.4, -0.2) is 56.1 Å². The van der Waals surface area contributed by atoms with Crippen molar-refractivity contribution >= 4 is 23.5 Å². The van der Waals surface area contributed by atoms with Crippen LogP contribution in [0.2, 0.25) is 0 Å². The van der Waals surface area contributed by atoms with Crippen molar-refractivity contribution < 1.29 is 23.9 Å². The maximum absolute atomic E-state index is 12.3. The minimum absolute atomic E-state index is 0.0890. The van der Waals surface area contributed by atoms with Gasteiger partial charge in [0.2, 0.25) is 5.91 Å². The number of likely N-dealkylation sites (tertiary alicyclic amines) is 1. The van der Waals surface area contributed by atoms with Crippen LogP contribution in [0.3, 0.4) is 0 Å². The number of nitrogens with zero attached hydrogens (tertiary/aromatic N) is 1. The lowest BCUT2D eigenvalue weighted by Crippen LogP contribution is -2.41. The average Bonchev–Trinajstić information content (AvgIpc) is 2.62. The highest BCUT2D eigenvalue weighted by Crippen LogP contribution is 2.19. The molecule has 136 valence electrons. The predicted octanol–water partition coefficient (Wildman–Crippen LogP) is 1.69. The van der Waals surface area contributed by atoms with Gasteiger partial charge in [-0.2, -0.15) is 0 Å². The molecule has 1 aromatic carbocycles. The van der Waals surface area contributed by atoms with E-state index in [1.807, 2.05) is 4.90 Å². The van der Waals surface area contributed by atoms with E-state index in [1.54, 1.807) is 31.2 Å². The standard InChI is InChI=1S/C18H24N2O5/c1-3-25-18(23)14-6-4-5-7-15(14)19-16(21)12-20-10-8-13(9-11-20)17(22)24-2/h4-7,13H,3,8-12H2,1-2H3,(H,19,21). The second-order valence-electron chi connectivity index (χ2n) is 5.89. The fraction of sp³-hybridized carbons (Fsp3) is 0.500. The van der Waals surface area contributed by atoms with Gasteiger partial charge < -0.3 is 14.8 Å². The fourth-order valence-electron chi connectivity index (χ4n) is 2.87. The minimum atomic E-state index is -0.461. The van der Waals surface area contributed by atoms with Crippen molar-refractivity contribution in [3.8, 4) is 0 Å². The number of benzene rings is 1. The van der Waals surface area contributed by atoms with E-state index in [-0.39, 0.29) is 30.9 Å². The number of amides is 1. The van der Waals surface area contributed by atoms with Crippen LogP contribution in [0.15, 0.2) is 24.3 Å². The largest absolute Gasteiger partial charge is 0.469 e. The molecule has 1 aliphatic rings. The first-order valence-electron chi connectivity index (χ1n) is 8.41. The van der Waals surface area contributed by atoms with Crippen molar-refractivity contribution in [1.29, 1.82) is 0 Å². The van der Waals surface area contributed by atoms with Gasteiger partial charge in [0.15, 0.2) is 0 Å². The van der Waals surface area contributed by atoms with Crippen molar-refractivity contribution in [2.45, 2.75) is 19.8 Å². The number of piperidine rings is 1. The zero-order chi connectivity index (χ0) is 18.2. The summed E-state index contributed by atoms with van der Waals surface area (Å²) in [4.78, 5) is 37.7. The van der Waals surface area contributed by atoms with Gasteiger partial charge in [-0.25, -0.2) is 4.79 Å². The first-order chi connectivity index (χ1) is 12.0. The molecule has 0 radical (unpaired) electrons. The molecule has 1 amide bonds. The Morgan fingerprint density at radius 3 is 2.52 bits per heavy atom. The molecule has 1 saturated heterocycles. The Bertz CT molecular complexity index is 624. The van der Waals surface area contributed by atoms with Crippen molar-refractivity contribution in [2.75, 3.05) is 38.7 Å². The van der Waals surface area contributed by atoms with Gasteiger partial charge in [0.05, 0.1) is 37.4 Å². The summed E-state index contributed by atoms with van der Waals surface area (Å²) in [5, 5.41) is 2.77. The van der Waals surface area contributed by atoms with Crippen LogP contribution in [-0.2, 0) is 19.1 Å². The van der Waals surface area contributed by atoms with Gasteiger partial charge in [0.1, 0.15) is 0 Å². The summed E-state index contributed by atoms with van der Waals surface area (Å²) < 4.78 is 9.76. The van der Waals surface area contributed by atoms with Crippen LogP contribution in [0.1, 0.15) is 30.1 Å². The highest BCUT2D eigenvalue weighted by Gasteiger charge is 2.26. The predicted molar refractivity (Wildman–Crippen MR) is 92.2 cm³/mol. The highest BCUT2D eigenvalue weighted by molar-refractivity contribution is 6.01. The average molecular weight is 348 g/mol. The smallest absolute Gasteiger partial charge is 0.340 e. The van der Waals surface area contributed by atoms with Gasteiger partial charge in [-0.05, 0) is 45.0 Å². The zero-order valence-corrected chi connectivity index (χ0v) is 14.6. The number of carbonyl (C=O) groups excluding carboxylic acids is 3. The molecule has 7 nitrogen and oxygen atoms in total. The number of anilines is 1. The molecule has 1 aromatic rings. The lowest BCUT2D eigenvalue weighted by atomic mass is 9.97. The first kappa shape index (κ1) is 18.9. The van der Waals surface area contributed by atoms with E-state index < -0.39 is 5.97 Å². The molecule has 0 bridgehead atoms. The van der Waals surface area contributed by atoms with Gasteiger partial charge in [0.25, 0.3) is 0 Å². The number of nitrogens with one attached hydrogen (secondary N) is 1. The number of carbonyl (C=O) groups is 3. The molecule has 25 heavy (non-hydrogen) atoms. The summed E-state index contributed by atoms with van der Waals surface area (Å²) >= 11 is 0. The Balaban J connectivity index is 1.89. The Morgan fingerprint density at radius 2 is 1.88 bits per heavy atom. The number of ether oxygens (including phenoxy) is 2. The summed E-state index contributed by atoms with van der Waals surface area (Å²) in [5.74, 6) is -0.938. The molecule has 0 aromatic heterocycles. The van der Waals surface area contributed by atoms with E-state index >= 15 is 0 Å². The minimum Gasteiger partial charge on any atom is -0.469 e.